The number of fused-ring (bicyclic) bond motifs is 1. The Morgan fingerprint density at radius 1 is 1.31 bits per heavy atom. The summed E-state index contributed by atoms with van der Waals surface area (Å²) in [5.74, 6) is -3.19. The summed E-state index contributed by atoms with van der Waals surface area (Å²) in [5, 5.41) is 25.3. The Morgan fingerprint density at radius 3 is 2.69 bits per heavy atom. The molecule has 2 aliphatic rings. The minimum absolute atomic E-state index is 0.0464. The molecule has 5 rings (SSSR count). The predicted molar refractivity (Wildman–Crippen MR) is 136 cm³/mol. The number of β-lactam (4-membered cyclic amide) rings is 1. The van der Waals surface area contributed by atoms with Crippen LogP contribution in [0.1, 0.15) is 13.8 Å². The van der Waals surface area contributed by atoms with Crippen molar-refractivity contribution < 1.29 is 28.9 Å². The minimum atomic E-state index is -1.19. The summed E-state index contributed by atoms with van der Waals surface area (Å²) in [6, 6.07) is 2.71. The molecule has 3 amide bonds. The average Bonchev–Trinajstić information content (AvgIpc) is 3.60. The lowest BCUT2D eigenvalue weighted by Gasteiger charge is -2.47. The predicted octanol–water partition coefficient (Wildman–Crippen LogP) is -0.361. The number of hydrogen-bond donors (Lipinski definition) is 3. The van der Waals surface area contributed by atoms with Crippen molar-refractivity contribution >= 4 is 46.8 Å². The van der Waals surface area contributed by atoms with Crippen molar-refractivity contribution in [2.24, 2.45) is 17.6 Å². The van der Waals surface area contributed by atoms with Crippen molar-refractivity contribution in [3.63, 3.8) is 0 Å². The minimum Gasteiger partial charge on any atom is -0.477 e. The zero-order valence-corrected chi connectivity index (χ0v) is 22.4. The molecule has 4 N–H and O–H groups in total. The maximum atomic E-state index is 13.1. The van der Waals surface area contributed by atoms with Crippen molar-refractivity contribution in [3.05, 3.63) is 46.8 Å². The molecule has 14 nitrogen and oxygen atoms in total. The van der Waals surface area contributed by atoms with E-state index in [1.165, 1.54) is 39.0 Å². The van der Waals surface area contributed by atoms with Crippen LogP contribution in [-0.4, -0.2) is 71.0 Å². The highest BCUT2D eigenvalue weighted by atomic mass is 32.2. The third kappa shape index (κ3) is 5.12. The first-order valence-corrected chi connectivity index (χ1v) is 13.6. The number of carbonyl (C=O) groups excluding carboxylic acids is 3. The Hall–Kier alpha value is -4.18. The number of primary amides is 1. The van der Waals surface area contributed by atoms with Crippen LogP contribution >= 0.6 is 23.1 Å². The summed E-state index contributed by atoms with van der Waals surface area (Å²) in [4.78, 5) is 55.4. The van der Waals surface area contributed by atoms with E-state index in [0.29, 0.717) is 14.9 Å². The highest BCUT2D eigenvalue weighted by Crippen LogP contribution is 2.52. The van der Waals surface area contributed by atoms with Gasteiger partial charge in [0.1, 0.15) is 18.6 Å². The summed E-state index contributed by atoms with van der Waals surface area (Å²) in [7, 11) is 0. The van der Waals surface area contributed by atoms with Gasteiger partial charge in [0.15, 0.2) is 16.7 Å². The van der Waals surface area contributed by atoms with E-state index in [2.05, 4.69) is 25.8 Å². The number of rotatable bonds is 10. The molecule has 1 saturated heterocycles. The smallest absolute Gasteiger partial charge is 0.353 e. The molecule has 0 spiro atoms. The lowest BCUT2D eigenvalue weighted by molar-refractivity contribution is -0.684. The number of aromatic nitrogens is 6. The molecule has 16 heteroatoms. The van der Waals surface area contributed by atoms with Gasteiger partial charge < -0.3 is 21.1 Å². The maximum Gasteiger partial charge on any atom is 0.353 e. The molecule has 0 bridgehead atoms. The van der Waals surface area contributed by atoms with Gasteiger partial charge in [0.05, 0.1) is 17.7 Å². The van der Waals surface area contributed by atoms with Crippen LogP contribution in [0.5, 0.6) is 0 Å². The molecular weight excluding hydrogens is 546 g/mol. The van der Waals surface area contributed by atoms with Gasteiger partial charge in [-0.1, -0.05) is 18.7 Å². The Bertz CT molecular complexity index is 1470. The molecule has 3 aromatic heterocycles. The fourth-order valence-electron chi connectivity index (χ4n) is 4.91. The van der Waals surface area contributed by atoms with E-state index in [1.807, 2.05) is 24.4 Å². The monoisotopic (exact) mass is 570 g/mol. The van der Waals surface area contributed by atoms with Gasteiger partial charge in [0.25, 0.3) is 5.91 Å². The number of thiazole rings is 1. The summed E-state index contributed by atoms with van der Waals surface area (Å²) in [5.41, 5.74) is 6.72. The third-order valence-corrected chi connectivity index (χ3v) is 8.85. The molecule has 202 valence electrons. The van der Waals surface area contributed by atoms with Crippen LogP contribution in [0.3, 0.4) is 0 Å². The van der Waals surface area contributed by atoms with E-state index in [0.717, 1.165) is 5.56 Å². The number of hydrogen-bond acceptors (Lipinski definition) is 10. The van der Waals surface area contributed by atoms with Crippen LogP contribution in [0.4, 0.5) is 0 Å². The van der Waals surface area contributed by atoms with Crippen LogP contribution in [0.15, 0.2) is 51.2 Å². The Kier molecular flexibility index (Phi) is 7.14. The van der Waals surface area contributed by atoms with E-state index in [-0.39, 0.29) is 36.5 Å². The lowest BCUT2D eigenvalue weighted by atomic mass is 9.78. The summed E-state index contributed by atoms with van der Waals surface area (Å²) in [6.07, 6.45) is 4.78. The number of tetrazole rings is 1. The van der Waals surface area contributed by atoms with Crippen molar-refractivity contribution in [2.75, 3.05) is 0 Å². The number of carbonyl (C=O) groups is 4. The standard InChI is InChI=1S/C23H23N9O5S2/c1-11-18-17(12(2)26-16(34)8-31-10-25-28-29-31)21(35)32(18)19(22(36)37)20(11)39-23-27-14(9-38-23)13-3-5-30(6-4-13)7-15(24)33/h3-6,9-12,17-18H,7-8H2,1-2H3,(H3-,24,26,33,34,36,37)/p+1/t11-,12?,17-,18-/m1/s1. The van der Waals surface area contributed by atoms with Gasteiger partial charge in [-0.2, -0.15) is 4.57 Å². The first-order valence-electron chi connectivity index (χ1n) is 11.9. The highest BCUT2D eigenvalue weighted by Gasteiger charge is 2.60. The molecule has 2 aliphatic heterocycles. The average molecular weight is 571 g/mol. The summed E-state index contributed by atoms with van der Waals surface area (Å²) >= 11 is 2.60. The van der Waals surface area contributed by atoms with Crippen LogP contribution in [0.25, 0.3) is 11.3 Å². The summed E-state index contributed by atoms with van der Waals surface area (Å²) in [6.45, 7) is 3.59. The molecule has 1 fully saturated rings. The Balaban J connectivity index is 1.30. The van der Waals surface area contributed by atoms with E-state index >= 15 is 0 Å². The molecule has 4 atom stereocenters. The number of carboxylic acid groups (broad SMARTS) is 1. The van der Waals surface area contributed by atoms with Gasteiger partial charge in [-0.3, -0.25) is 14.4 Å². The molecule has 0 radical (unpaired) electrons. The van der Waals surface area contributed by atoms with E-state index in [1.54, 1.807) is 23.9 Å². The van der Waals surface area contributed by atoms with Crippen LogP contribution in [0, 0.1) is 11.8 Å². The van der Waals surface area contributed by atoms with E-state index in [9.17, 15) is 24.3 Å². The molecule has 1 unspecified atom stereocenters. The van der Waals surface area contributed by atoms with Gasteiger partial charge in [-0.25, -0.2) is 14.5 Å². The number of aliphatic carboxylic acids is 1. The number of carboxylic acids is 1. The zero-order chi connectivity index (χ0) is 27.8. The van der Waals surface area contributed by atoms with Crippen molar-refractivity contribution in [2.45, 2.75) is 43.4 Å². The molecular formula is C23H24N9O5S2+. The van der Waals surface area contributed by atoms with E-state index in [4.69, 9.17) is 5.73 Å². The molecule has 3 aromatic rings. The molecule has 39 heavy (non-hydrogen) atoms. The molecule has 0 aliphatic carbocycles. The van der Waals surface area contributed by atoms with Gasteiger partial charge in [-0.05, 0) is 17.4 Å². The van der Waals surface area contributed by atoms with Gasteiger partial charge >= 0.3 is 5.97 Å². The van der Waals surface area contributed by atoms with Gasteiger partial charge in [0.2, 0.25) is 18.4 Å². The van der Waals surface area contributed by atoms with Crippen LogP contribution in [-0.2, 0) is 32.3 Å². The normalized spacial score (nSPS) is 20.9. The first-order chi connectivity index (χ1) is 18.6. The second kappa shape index (κ2) is 10.5. The van der Waals surface area contributed by atoms with E-state index < -0.39 is 29.9 Å². The molecule has 5 heterocycles. The zero-order valence-electron chi connectivity index (χ0n) is 20.8. The number of thioether (sulfide) groups is 1. The highest BCUT2D eigenvalue weighted by molar-refractivity contribution is 8.04. The van der Waals surface area contributed by atoms with Gasteiger partial charge in [-0.15, -0.1) is 16.4 Å². The van der Waals surface area contributed by atoms with Gasteiger partial charge in [0, 0.05) is 39.9 Å². The first kappa shape index (κ1) is 26.4. The Labute approximate surface area is 229 Å². The van der Waals surface area contributed by atoms with Crippen molar-refractivity contribution in [1.82, 2.24) is 35.4 Å². The van der Waals surface area contributed by atoms with Crippen molar-refractivity contribution in [1.29, 1.82) is 0 Å². The number of nitrogens with two attached hydrogens (primary N) is 1. The quantitative estimate of drug-likeness (QED) is 0.214. The number of nitrogens with one attached hydrogen (secondary N) is 1. The topological polar surface area (TPSA) is 190 Å². The van der Waals surface area contributed by atoms with Crippen LogP contribution < -0.4 is 15.6 Å². The fourth-order valence-corrected chi connectivity index (χ4v) is 7.01. The number of amides is 3. The Morgan fingerprint density at radius 2 is 2.05 bits per heavy atom. The largest absolute Gasteiger partial charge is 0.477 e. The lowest BCUT2D eigenvalue weighted by Crippen LogP contribution is -2.66. The molecule has 0 saturated carbocycles. The third-order valence-electron chi connectivity index (χ3n) is 6.62. The van der Waals surface area contributed by atoms with Crippen LogP contribution in [0.2, 0.25) is 0 Å². The molecule has 0 aromatic carbocycles. The second-order valence-corrected chi connectivity index (χ2v) is 11.4. The number of pyridine rings is 1. The maximum absolute atomic E-state index is 13.1. The summed E-state index contributed by atoms with van der Waals surface area (Å²) < 4.78 is 3.56. The second-order valence-electron chi connectivity index (χ2n) is 9.22. The number of nitrogens with zero attached hydrogens (tertiary/aromatic N) is 7. The SMILES string of the molecule is CC(NC(=O)Cn1cnnn1)[C@H]1C(=O)N2C(C(=O)O)=C(Sc3nc(-c4cc[n+](CC(N)=O)cc4)cs3)[C@H](C)[C@H]12. The van der Waals surface area contributed by atoms with Crippen molar-refractivity contribution in [3.8, 4) is 11.3 Å². The fraction of sp³-hybridized carbons (Fsp3) is 0.348.